The number of ether oxygens (including phenoxy) is 2. The van der Waals surface area contributed by atoms with Crippen LogP contribution in [0.1, 0.15) is 30.1 Å². The third-order valence-electron chi connectivity index (χ3n) is 3.49. The summed E-state index contributed by atoms with van der Waals surface area (Å²) in [6.07, 6.45) is 1.96. The first-order valence-electron chi connectivity index (χ1n) is 8.20. The van der Waals surface area contributed by atoms with E-state index in [9.17, 15) is 0 Å². The van der Waals surface area contributed by atoms with Gasteiger partial charge in [-0.25, -0.2) is 4.98 Å². The van der Waals surface area contributed by atoms with E-state index >= 15 is 0 Å². The van der Waals surface area contributed by atoms with Crippen LogP contribution in [0.3, 0.4) is 0 Å². The van der Waals surface area contributed by atoms with Gasteiger partial charge in [-0.05, 0) is 36.6 Å². The predicted octanol–water partition coefficient (Wildman–Crippen LogP) is 4.00. The number of nitrogens with one attached hydrogen (secondary N) is 1. The molecule has 0 amide bonds. The third-order valence-corrected chi connectivity index (χ3v) is 4.53. The van der Waals surface area contributed by atoms with E-state index in [0.29, 0.717) is 6.61 Å². The minimum atomic E-state index is 0.497. The smallest absolute Gasteiger partial charge is 0.161 e. The van der Waals surface area contributed by atoms with Crippen LogP contribution in [0.2, 0.25) is 0 Å². The molecule has 0 aliphatic heterocycles. The second-order valence-electron chi connectivity index (χ2n) is 5.74. The lowest BCUT2D eigenvalue weighted by Crippen LogP contribution is -2.17. The Bertz CT molecular complexity index is 667. The third kappa shape index (κ3) is 5.65. The Balaban J connectivity index is 1.85. The number of aromatic nitrogens is 1. The monoisotopic (exact) mass is 346 g/mol. The highest BCUT2D eigenvalue weighted by atomic mass is 32.1. The van der Waals surface area contributed by atoms with Gasteiger partial charge in [-0.1, -0.05) is 19.6 Å². The summed E-state index contributed by atoms with van der Waals surface area (Å²) in [5.41, 5.74) is 3.32. The molecule has 0 unspecified atom stereocenters. The maximum Gasteiger partial charge on any atom is 0.161 e. The Labute approximate surface area is 148 Å². The summed E-state index contributed by atoms with van der Waals surface area (Å²) in [5.74, 6) is 1.50. The van der Waals surface area contributed by atoms with Crippen molar-refractivity contribution in [1.29, 1.82) is 0 Å². The average Bonchev–Trinajstić information content (AvgIpc) is 3.05. The normalized spacial score (nSPS) is 10.6. The maximum absolute atomic E-state index is 5.76. The first-order chi connectivity index (χ1) is 11.6. The molecule has 2 rings (SSSR count). The molecule has 24 heavy (non-hydrogen) atoms. The molecule has 5 heteroatoms. The van der Waals surface area contributed by atoms with Crippen molar-refractivity contribution in [2.24, 2.45) is 0 Å². The Hall–Kier alpha value is -1.85. The number of hydrogen-bond donors (Lipinski definition) is 1. The van der Waals surface area contributed by atoms with E-state index in [4.69, 9.17) is 9.47 Å². The summed E-state index contributed by atoms with van der Waals surface area (Å²) in [7, 11) is 1.65. The molecule has 2 aromatic rings. The average molecular weight is 346 g/mol. The Morgan fingerprint density at radius 3 is 2.83 bits per heavy atom. The number of hydrogen-bond acceptors (Lipinski definition) is 5. The lowest BCUT2D eigenvalue weighted by atomic mass is 10.2. The van der Waals surface area contributed by atoms with Gasteiger partial charge in [0.25, 0.3) is 0 Å². The molecule has 4 nitrogen and oxygen atoms in total. The largest absolute Gasteiger partial charge is 0.493 e. The van der Waals surface area contributed by atoms with Crippen molar-refractivity contribution in [3.8, 4) is 11.5 Å². The van der Waals surface area contributed by atoms with Gasteiger partial charge in [-0.2, -0.15) is 0 Å². The van der Waals surface area contributed by atoms with Crippen LogP contribution < -0.4 is 14.8 Å². The zero-order valence-corrected chi connectivity index (χ0v) is 15.5. The van der Waals surface area contributed by atoms with Crippen LogP contribution in [0.5, 0.6) is 11.5 Å². The van der Waals surface area contributed by atoms with Crippen molar-refractivity contribution in [3.63, 3.8) is 0 Å². The summed E-state index contributed by atoms with van der Waals surface area (Å²) < 4.78 is 11.1. The Kier molecular flexibility index (Phi) is 7.28. The number of nitrogens with zero attached hydrogens (tertiary/aromatic N) is 1. The van der Waals surface area contributed by atoms with Gasteiger partial charge in [0, 0.05) is 24.9 Å². The lowest BCUT2D eigenvalue weighted by Gasteiger charge is -2.12. The molecule has 0 saturated heterocycles. The van der Waals surface area contributed by atoms with E-state index in [0.717, 1.165) is 43.0 Å². The van der Waals surface area contributed by atoms with E-state index in [2.05, 4.69) is 35.2 Å². The SMILES string of the molecule is C=C(C)COc1cc(CNCCc2csc(CC)n2)ccc1OC. The van der Waals surface area contributed by atoms with Gasteiger partial charge >= 0.3 is 0 Å². The Morgan fingerprint density at radius 2 is 2.17 bits per heavy atom. The number of aryl methyl sites for hydroxylation is 1. The van der Waals surface area contributed by atoms with Crippen LogP contribution >= 0.6 is 11.3 Å². The van der Waals surface area contributed by atoms with E-state index in [1.165, 1.54) is 16.3 Å². The number of benzene rings is 1. The number of rotatable bonds is 10. The van der Waals surface area contributed by atoms with Gasteiger partial charge in [0.05, 0.1) is 17.8 Å². The van der Waals surface area contributed by atoms with E-state index in [-0.39, 0.29) is 0 Å². The van der Waals surface area contributed by atoms with Crippen molar-refractivity contribution in [2.45, 2.75) is 33.2 Å². The van der Waals surface area contributed by atoms with Gasteiger partial charge in [0.1, 0.15) is 6.61 Å². The molecule has 1 aromatic carbocycles. The molecule has 130 valence electrons. The summed E-state index contributed by atoms with van der Waals surface area (Å²) in [4.78, 5) is 4.58. The van der Waals surface area contributed by atoms with Crippen LogP contribution in [-0.2, 0) is 19.4 Å². The summed E-state index contributed by atoms with van der Waals surface area (Å²) in [6, 6.07) is 6.02. The van der Waals surface area contributed by atoms with Crippen LogP contribution in [-0.4, -0.2) is 25.2 Å². The Morgan fingerprint density at radius 1 is 1.33 bits per heavy atom. The lowest BCUT2D eigenvalue weighted by molar-refractivity contribution is 0.319. The molecule has 0 radical (unpaired) electrons. The second-order valence-corrected chi connectivity index (χ2v) is 6.69. The highest BCUT2D eigenvalue weighted by Crippen LogP contribution is 2.28. The van der Waals surface area contributed by atoms with Gasteiger partial charge in [-0.3, -0.25) is 0 Å². The zero-order chi connectivity index (χ0) is 17.4. The highest BCUT2D eigenvalue weighted by molar-refractivity contribution is 7.09. The molecular weight excluding hydrogens is 320 g/mol. The van der Waals surface area contributed by atoms with Crippen molar-refractivity contribution in [3.05, 3.63) is 52.0 Å². The summed E-state index contributed by atoms with van der Waals surface area (Å²) in [5, 5.41) is 6.82. The van der Waals surface area contributed by atoms with Crippen LogP contribution in [0, 0.1) is 0 Å². The summed E-state index contributed by atoms with van der Waals surface area (Å²) in [6.45, 7) is 10.1. The van der Waals surface area contributed by atoms with Gasteiger partial charge in [-0.15, -0.1) is 11.3 Å². The highest BCUT2D eigenvalue weighted by Gasteiger charge is 2.06. The topological polar surface area (TPSA) is 43.4 Å². The molecule has 0 atom stereocenters. The quantitative estimate of drug-likeness (QED) is 0.522. The standard InChI is InChI=1S/C19H26N2O2S/c1-5-19-21-16(13-24-19)8-9-20-11-15-6-7-17(22-4)18(10-15)23-12-14(2)3/h6-7,10,13,20H,2,5,8-9,11-12H2,1,3-4H3. The molecular formula is C19H26N2O2S. The van der Waals surface area contributed by atoms with Gasteiger partial charge in [0.2, 0.25) is 0 Å². The van der Waals surface area contributed by atoms with Crippen LogP contribution in [0.25, 0.3) is 0 Å². The van der Waals surface area contributed by atoms with Gasteiger partial charge < -0.3 is 14.8 Å². The molecule has 1 aromatic heterocycles. The van der Waals surface area contributed by atoms with E-state index < -0.39 is 0 Å². The summed E-state index contributed by atoms with van der Waals surface area (Å²) >= 11 is 1.74. The molecule has 0 fully saturated rings. The van der Waals surface area contributed by atoms with Crippen LogP contribution in [0.4, 0.5) is 0 Å². The van der Waals surface area contributed by atoms with Crippen LogP contribution in [0.15, 0.2) is 35.7 Å². The second kappa shape index (κ2) is 9.45. The van der Waals surface area contributed by atoms with E-state index in [1.54, 1.807) is 18.4 Å². The fraction of sp³-hybridized carbons (Fsp3) is 0.421. The predicted molar refractivity (Wildman–Crippen MR) is 100 cm³/mol. The first kappa shape index (κ1) is 18.5. The van der Waals surface area contributed by atoms with Crippen molar-refractivity contribution < 1.29 is 9.47 Å². The first-order valence-corrected chi connectivity index (χ1v) is 9.08. The molecule has 0 aliphatic rings. The number of thiazole rings is 1. The maximum atomic E-state index is 5.76. The number of methoxy groups -OCH3 is 1. The van der Waals surface area contributed by atoms with Crippen molar-refractivity contribution in [2.75, 3.05) is 20.3 Å². The fourth-order valence-electron chi connectivity index (χ4n) is 2.22. The fourth-order valence-corrected chi connectivity index (χ4v) is 3.00. The molecule has 0 saturated carbocycles. The van der Waals surface area contributed by atoms with Gasteiger partial charge in [0.15, 0.2) is 11.5 Å². The molecule has 0 bridgehead atoms. The van der Waals surface area contributed by atoms with Crippen molar-refractivity contribution in [1.82, 2.24) is 10.3 Å². The van der Waals surface area contributed by atoms with Crippen molar-refractivity contribution >= 4 is 11.3 Å². The molecule has 1 heterocycles. The minimum absolute atomic E-state index is 0.497. The zero-order valence-electron chi connectivity index (χ0n) is 14.7. The van der Waals surface area contributed by atoms with E-state index in [1.807, 2.05) is 19.1 Å². The molecule has 1 N–H and O–H groups in total. The minimum Gasteiger partial charge on any atom is -0.493 e. The molecule has 0 spiro atoms. The molecule has 0 aliphatic carbocycles.